The Hall–Kier alpha value is -3.80. The lowest BCUT2D eigenvalue weighted by Gasteiger charge is -2.32. The molecule has 3 nitrogen and oxygen atoms in total. The highest BCUT2D eigenvalue weighted by Gasteiger charge is 2.43. The second kappa shape index (κ2) is 13.7. The van der Waals surface area contributed by atoms with Gasteiger partial charge in [-0.25, -0.2) is 26.3 Å². The van der Waals surface area contributed by atoms with Crippen LogP contribution in [0.5, 0.6) is 0 Å². The van der Waals surface area contributed by atoms with Gasteiger partial charge in [0, 0.05) is 11.1 Å². The van der Waals surface area contributed by atoms with E-state index in [-0.39, 0.29) is 16.7 Å². The van der Waals surface area contributed by atoms with Crippen molar-refractivity contribution in [1.82, 2.24) is 0 Å². The molecule has 1 heterocycles. The molecular weight excluding hydrogens is 608 g/mol. The third kappa shape index (κ3) is 7.37. The van der Waals surface area contributed by atoms with Crippen molar-refractivity contribution >= 4 is 0 Å². The molecule has 0 bridgehead atoms. The summed E-state index contributed by atoms with van der Waals surface area (Å²) in [5.41, 5.74) is -0.0245. The zero-order valence-electron chi connectivity index (χ0n) is 24.0. The van der Waals surface area contributed by atoms with Gasteiger partial charge in [-0.2, -0.15) is 8.78 Å². The van der Waals surface area contributed by atoms with Gasteiger partial charge in [-0.3, -0.25) is 0 Å². The average Bonchev–Trinajstić information content (AvgIpc) is 2.99. The van der Waals surface area contributed by atoms with Gasteiger partial charge in [-0.05, 0) is 65.4 Å². The van der Waals surface area contributed by atoms with Gasteiger partial charge < -0.3 is 14.2 Å². The van der Waals surface area contributed by atoms with Gasteiger partial charge in [0.05, 0.1) is 13.2 Å². The van der Waals surface area contributed by atoms with Crippen LogP contribution < -0.4 is 0 Å². The van der Waals surface area contributed by atoms with Crippen molar-refractivity contribution in [1.29, 1.82) is 0 Å². The van der Waals surface area contributed by atoms with Crippen molar-refractivity contribution in [3.05, 3.63) is 118 Å². The lowest BCUT2D eigenvalue weighted by molar-refractivity contribution is -0.322. The van der Waals surface area contributed by atoms with Crippen LogP contribution in [0.4, 0.5) is 35.1 Å². The molecule has 1 aliphatic rings. The van der Waals surface area contributed by atoms with E-state index in [4.69, 9.17) is 9.47 Å². The Labute approximate surface area is 254 Å². The van der Waals surface area contributed by atoms with E-state index >= 15 is 4.39 Å². The smallest absolute Gasteiger partial charge is 0.346 e. The standard InChI is InChI=1S/C34H28F8O3/c1-2-3-4-5-19-6-8-20(9-7-19)21-10-11-25(26(35)12-21)22-13-27(36)31(28(37)14-22)34(41,42)45-24-17-43-33(44-18-24)23-15-29(38)32(40)30(39)16-23/h6-16,24,33H,2-5,17-18H2,1H3. The van der Waals surface area contributed by atoms with Crippen LogP contribution in [-0.4, -0.2) is 19.3 Å². The molecule has 0 spiro atoms. The van der Waals surface area contributed by atoms with Crippen LogP contribution in [0.1, 0.15) is 49.2 Å². The first-order valence-corrected chi connectivity index (χ1v) is 14.3. The molecule has 238 valence electrons. The van der Waals surface area contributed by atoms with Gasteiger partial charge in [0.15, 0.2) is 23.7 Å². The molecule has 4 aromatic rings. The minimum atomic E-state index is -4.50. The number of hydrogen-bond donors (Lipinski definition) is 0. The van der Waals surface area contributed by atoms with Crippen LogP contribution >= 0.6 is 0 Å². The van der Waals surface area contributed by atoms with Gasteiger partial charge in [0.1, 0.15) is 29.1 Å². The number of ether oxygens (including phenoxy) is 3. The molecule has 0 N–H and O–H groups in total. The van der Waals surface area contributed by atoms with E-state index in [1.165, 1.54) is 12.1 Å². The summed E-state index contributed by atoms with van der Waals surface area (Å²) in [6.45, 7) is 0.903. The van der Waals surface area contributed by atoms with E-state index in [2.05, 4.69) is 11.7 Å². The summed E-state index contributed by atoms with van der Waals surface area (Å²) in [5.74, 6) is -8.87. The van der Waals surface area contributed by atoms with E-state index in [9.17, 15) is 30.7 Å². The Morgan fingerprint density at radius 3 is 1.84 bits per heavy atom. The molecule has 4 aromatic carbocycles. The first kappa shape index (κ1) is 32.6. The topological polar surface area (TPSA) is 27.7 Å². The number of benzene rings is 4. The normalized spacial score (nSPS) is 17.1. The predicted molar refractivity (Wildman–Crippen MR) is 150 cm³/mol. The molecule has 1 aliphatic heterocycles. The molecule has 0 unspecified atom stereocenters. The van der Waals surface area contributed by atoms with Crippen LogP contribution in [0.15, 0.2) is 66.7 Å². The summed E-state index contributed by atoms with van der Waals surface area (Å²) < 4.78 is 130. The second-order valence-corrected chi connectivity index (χ2v) is 10.7. The fourth-order valence-electron chi connectivity index (χ4n) is 5.10. The first-order chi connectivity index (χ1) is 21.5. The molecule has 11 heteroatoms. The monoisotopic (exact) mass is 636 g/mol. The molecule has 0 atom stereocenters. The maximum Gasteiger partial charge on any atom is 0.389 e. The molecule has 0 radical (unpaired) electrons. The highest BCUT2D eigenvalue weighted by molar-refractivity contribution is 5.71. The van der Waals surface area contributed by atoms with Crippen LogP contribution in [0, 0.1) is 34.9 Å². The van der Waals surface area contributed by atoms with Gasteiger partial charge in [0.2, 0.25) is 0 Å². The molecule has 45 heavy (non-hydrogen) atoms. The highest BCUT2D eigenvalue weighted by atomic mass is 19.3. The number of hydrogen-bond acceptors (Lipinski definition) is 3. The molecule has 0 aliphatic carbocycles. The summed E-state index contributed by atoms with van der Waals surface area (Å²) in [6.07, 6.45) is -3.23. The molecule has 5 rings (SSSR count). The van der Waals surface area contributed by atoms with E-state index < -0.39 is 72.2 Å². The molecule has 1 saturated heterocycles. The largest absolute Gasteiger partial charge is 0.389 e. The Balaban J connectivity index is 1.27. The number of rotatable bonds is 10. The zero-order chi connectivity index (χ0) is 32.3. The quantitative estimate of drug-likeness (QED) is 0.0986. The summed E-state index contributed by atoms with van der Waals surface area (Å²) in [5, 5.41) is 0. The lowest BCUT2D eigenvalue weighted by atomic mass is 9.97. The number of unbranched alkanes of at least 4 members (excludes halogenated alkanes) is 2. The summed E-state index contributed by atoms with van der Waals surface area (Å²) in [6, 6.07) is 14.1. The lowest BCUT2D eigenvalue weighted by Crippen LogP contribution is -2.38. The van der Waals surface area contributed by atoms with E-state index in [1.807, 2.05) is 24.3 Å². The SMILES string of the molecule is CCCCCc1ccc(-c2ccc(-c3cc(F)c(C(F)(F)OC4COC(c5cc(F)c(F)c(F)c5)OC4)c(F)c3)c(F)c2)cc1. The summed E-state index contributed by atoms with van der Waals surface area (Å²) in [4.78, 5) is 0. The van der Waals surface area contributed by atoms with Crippen molar-refractivity contribution in [3.63, 3.8) is 0 Å². The Morgan fingerprint density at radius 2 is 1.27 bits per heavy atom. The zero-order valence-corrected chi connectivity index (χ0v) is 24.0. The van der Waals surface area contributed by atoms with Crippen LogP contribution in [-0.2, 0) is 26.7 Å². The maximum absolute atomic E-state index is 15.1. The molecule has 0 amide bonds. The molecule has 0 aromatic heterocycles. The van der Waals surface area contributed by atoms with Crippen LogP contribution in [0.3, 0.4) is 0 Å². The fraction of sp³-hybridized carbons (Fsp3) is 0.294. The van der Waals surface area contributed by atoms with Gasteiger partial charge in [-0.15, -0.1) is 0 Å². The van der Waals surface area contributed by atoms with Crippen molar-refractivity contribution in [2.24, 2.45) is 0 Å². The van der Waals surface area contributed by atoms with Gasteiger partial charge in [-0.1, -0.05) is 56.2 Å². The number of halogens is 8. The Kier molecular flexibility index (Phi) is 9.91. The maximum atomic E-state index is 15.1. The third-order valence-corrected chi connectivity index (χ3v) is 7.43. The summed E-state index contributed by atoms with van der Waals surface area (Å²) >= 11 is 0. The minimum absolute atomic E-state index is 0.197. The second-order valence-electron chi connectivity index (χ2n) is 10.7. The van der Waals surface area contributed by atoms with E-state index in [0.29, 0.717) is 29.8 Å². The highest BCUT2D eigenvalue weighted by Crippen LogP contribution is 2.39. The molecule has 1 fully saturated rings. The number of aryl methyl sites for hydroxylation is 1. The fourth-order valence-corrected chi connectivity index (χ4v) is 5.10. The van der Waals surface area contributed by atoms with E-state index in [0.717, 1.165) is 36.8 Å². The average molecular weight is 637 g/mol. The Bertz CT molecular complexity index is 1600. The van der Waals surface area contributed by atoms with Crippen LogP contribution in [0.25, 0.3) is 22.3 Å². The van der Waals surface area contributed by atoms with Crippen molar-refractivity contribution < 1.29 is 49.3 Å². The number of alkyl halides is 2. The Morgan fingerprint density at radius 1 is 0.689 bits per heavy atom. The van der Waals surface area contributed by atoms with Crippen molar-refractivity contribution in [3.8, 4) is 22.3 Å². The van der Waals surface area contributed by atoms with Gasteiger partial charge in [0.25, 0.3) is 0 Å². The van der Waals surface area contributed by atoms with Gasteiger partial charge >= 0.3 is 6.11 Å². The minimum Gasteiger partial charge on any atom is -0.346 e. The van der Waals surface area contributed by atoms with Crippen LogP contribution in [0.2, 0.25) is 0 Å². The predicted octanol–water partition coefficient (Wildman–Crippen LogP) is 9.77. The van der Waals surface area contributed by atoms with Crippen molar-refractivity contribution in [2.45, 2.75) is 51.1 Å². The van der Waals surface area contributed by atoms with Crippen molar-refractivity contribution in [2.75, 3.05) is 13.2 Å². The molecular formula is C34H28F8O3. The molecule has 0 saturated carbocycles. The summed E-state index contributed by atoms with van der Waals surface area (Å²) in [7, 11) is 0. The van der Waals surface area contributed by atoms with E-state index in [1.54, 1.807) is 6.07 Å². The third-order valence-electron chi connectivity index (χ3n) is 7.43. The first-order valence-electron chi connectivity index (χ1n) is 14.3.